The minimum Gasteiger partial charge on any atom is -0.350 e. The number of piperidine rings is 1. The van der Waals surface area contributed by atoms with Crippen LogP contribution in [0.1, 0.15) is 60.9 Å². The molecule has 0 radical (unpaired) electrons. The lowest BCUT2D eigenvalue weighted by Crippen LogP contribution is -2.30. The summed E-state index contributed by atoms with van der Waals surface area (Å²) in [5.74, 6) is 1.13. The summed E-state index contributed by atoms with van der Waals surface area (Å²) in [7, 11) is 0. The molecule has 1 saturated heterocycles. The Labute approximate surface area is 205 Å². The van der Waals surface area contributed by atoms with Gasteiger partial charge in [0.25, 0.3) is 0 Å². The topological polar surface area (TPSA) is 80.1 Å². The molecular formula is C26H31N5O2S. The third-order valence-corrected chi connectivity index (χ3v) is 6.94. The summed E-state index contributed by atoms with van der Waals surface area (Å²) in [6.07, 6.45) is 3.73. The summed E-state index contributed by atoms with van der Waals surface area (Å²) in [6.45, 7) is 6.34. The molecule has 1 atom stereocenters. The molecule has 3 aromatic rings. The predicted molar refractivity (Wildman–Crippen MR) is 134 cm³/mol. The van der Waals surface area contributed by atoms with Gasteiger partial charge in [0.15, 0.2) is 16.8 Å². The third kappa shape index (κ3) is 6.12. The Bertz CT molecular complexity index is 1110. The summed E-state index contributed by atoms with van der Waals surface area (Å²) < 4.78 is 2.07. The minimum atomic E-state index is -0.0984. The lowest BCUT2D eigenvalue weighted by molar-refractivity contribution is -0.119. The zero-order chi connectivity index (χ0) is 23.9. The molecule has 7 nitrogen and oxygen atoms in total. The molecule has 1 unspecified atom stereocenters. The highest BCUT2D eigenvalue weighted by molar-refractivity contribution is 7.99. The van der Waals surface area contributed by atoms with E-state index in [9.17, 15) is 9.59 Å². The number of ketones is 1. The van der Waals surface area contributed by atoms with Gasteiger partial charge in [-0.05, 0) is 50.6 Å². The molecule has 1 aromatic heterocycles. The number of carbonyl (C=O) groups excluding carboxylic acids is 2. The number of para-hydroxylation sites is 1. The van der Waals surface area contributed by atoms with Crippen molar-refractivity contribution in [3.63, 3.8) is 0 Å². The first-order chi connectivity index (χ1) is 16.5. The van der Waals surface area contributed by atoms with Gasteiger partial charge in [-0.25, -0.2) is 0 Å². The van der Waals surface area contributed by atoms with Crippen LogP contribution in [0.3, 0.4) is 0 Å². The van der Waals surface area contributed by atoms with Crippen LogP contribution in [0.4, 0.5) is 0 Å². The number of amides is 1. The van der Waals surface area contributed by atoms with E-state index in [-0.39, 0.29) is 23.5 Å². The van der Waals surface area contributed by atoms with E-state index in [4.69, 9.17) is 0 Å². The number of likely N-dealkylation sites (tertiary alicyclic amines) is 1. The molecule has 1 N–H and O–H groups in total. The fraction of sp³-hybridized carbons (Fsp3) is 0.385. The lowest BCUT2D eigenvalue weighted by atomic mass is 10.0. The molecule has 2 heterocycles. The molecule has 1 aliphatic heterocycles. The number of nitrogens with zero attached hydrogens (tertiary/aromatic N) is 4. The Morgan fingerprint density at radius 3 is 2.38 bits per heavy atom. The van der Waals surface area contributed by atoms with Crippen LogP contribution in [0.5, 0.6) is 0 Å². The molecule has 0 bridgehead atoms. The van der Waals surface area contributed by atoms with Crippen LogP contribution < -0.4 is 5.32 Å². The Hall–Kier alpha value is -2.97. The third-order valence-electron chi connectivity index (χ3n) is 6.01. The molecule has 178 valence electrons. The second-order valence-corrected chi connectivity index (χ2v) is 9.61. The van der Waals surface area contributed by atoms with E-state index in [1.54, 1.807) is 0 Å². The summed E-state index contributed by atoms with van der Waals surface area (Å²) in [5, 5.41) is 12.5. The van der Waals surface area contributed by atoms with Crippen LogP contribution >= 0.6 is 11.8 Å². The van der Waals surface area contributed by atoms with E-state index >= 15 is 0 Å². The van der Waals surface area contributed by atoms with E-state index < -0.39 is 0 Å². The average molecular weight is 478 g/mol. The van der Waals surface area contributed by atoms with Crippen LogP contribution in [0.25, 0.3) is 5.69 Å². The van der Waals surface area contributed by atoms with Crippen molar-refractivity contribution in [3.05, 3.63) is 71.5 Å². The van der Waals surface area contributed by atoms with Crippen molar-refractivity contribution in [2.45, 2.75) is 50.9 Å². The van der Waals surface area contributed by atoms with Gasteiger partial charge in [0.1, 0.15) is 0 Å². The number of rotatable bonds is 9. The molecular weight excluding hydrogens is 446 g/mol. The number of hydrogen-bond donors (Lipinski definition) is 1. The van der Waals surface area contributed by atoms with Gasteiger partial charge in [-0.15, -0.1) is 10.2 Å². The van der Waals surface area contributed by atoms with E-state index in [1.165, 1.54) is 37.9 Å². The van der Waals surface area contributed by atoms with Crippen molar-refractivity contribution in [2.75, 3.05) is 18.8 Å². The quantitative estimate of drug-likeness (QED) is 0.363. The van der Waals surface area contributed by atoms with E-state index in [2.05, 4.69) is 25.0 Å². The van der Waals surface area contributed by atoms with Crippen molar-refractivity contribution in [3.8, 4) is 5.69 Å². The number of nitrogens with one attached hydrogen (secondary N) is 1. The number of thioether (sulfide) groups is 1. The van der Waals surface area contributed by atoms with Crippen molar-refractivity contribution in [2.24, 2.45) is 0 Å². The van der Waals surface area contributed by atoms with Crippen LogP contribution in [-0.2, 0) is 11.3 Å². The van der Waals surface area contributed by atoms with Crippen molar-refractivity contribution < 1.29 is 9.59 Å². The summed E-state index contributed by atoms with van der Waals surface area (Å²) >= 11 is 1.41. The second kappa shape index (κ2) is 11.4. The lowest BCUT2D eigenvalue weighted by Gasteiger charge is -2.26. The van der Waals surface area contributed by atoms with Crippen LogP contribution in [0.2, 0.25) is 0 Å². The van der Waals surface area contributed by atoms with Crippen LogP contribution in [0, 0.1) is 0 Å². The molecule has 0 spiro atoms. The van der Waals surface area contributed by atoms with Crippen molar-refractivity contribution >= 4 is 23.5 Å². The maximum Gasteiger partial charge on any atom is 0.217 e. The Morgan fingerprint density at radius 2 is 1.71 bits per heavy atom. The highest BCUT2D eigenvalue weighted by atomic mass is 32.2. The zero-order valence-electron chi connectivity index (χ0n) is 19.7. The number of benzene rings is 2. The number of aromatic nitrogens is 3. The molecule has 1 amide bonds. The van der Waals surface area contributed by atoms with Gasteiger partial charge in [0, 0.05) is 18.2 Å². The van der Waals surface area contributed by atoms with Crippen LogP contribution in [-0.4, -0.2) is 50.2 Å². The smallest absolute Gasteiger partial charge is 0.217 e. The van der Waals surface area contributed by atoms with Gasteiger partial charge in [-0.1, -0.05) is 60.6 Å². The van der Waals surface area contributed by atoms with Gasteiger partial charge in [0.2, 0.25) is 5.91 Å². The van der Waals surface area contributed by atoms with Gasteiger partial charge in [-0.3, -0.25) is 19.1 Å². The zero-order valence-corrected chi connectivity index (χ0v) is 20.6. The average Bonchev–Trinajstić information content (AvgIpc) is 3.25. The van der Waals surface area contributed by atoms with Gasteiger partial charge < -0.3 is 5.32 Å². The Kier molecular flexibility index (Phi) is 8.13. The second-order valence-electron chi connectivity index (χ2n) is 8.66. The predicted octanol–water partition coefficient (Wildman–Crippen LogP) is 4.43. The summed E-state index contributed by atoms with van der Waals surface area (Å²) in [6, 6.07) is 17.4. The van der Waals surface area contributed by atoms with Gasteiger partial charge >= 0.3 is 0 Å². The normalized spacial score (nSPS) is 15.1. The molecule has 1 fully saturated rings. The molecule has 2 aromatic carbocycles. The van der Waals surface area contributed by atoms with Gasteiger partial charge in [-0.2, -0.15) is 0 Å². The molecule has 1 aliphatic rings. The monoisotopic (exact) mass is 477 g/mol. The number of Topliss-reactive ketones (excluding diaryl/α,β-unsaturated/α-hetero) is 1. The van der Waals surface area contributed by atoms with Crippen LogP contribution in [0.15, 0.2) is 59.8 Å². The molecule has 4 rings (SSSR count). The number of carbonyl (C=O) groups is 2. The standard InChI is InChI=1S/C26H31N5O2S/c1-19(27-20(2)32)21-11-13-22(14-12-21)24(33)18-34-26-29-28-25(17-30-15-7-4-8-16-30)31(26)23-9-5-3-6-10-23/h3,5-6,9-14,19H,4,7-8,15-18H2,1-2H3,(H,27,32). The SMILES string of the molecule is CC(=O)NC(C)c1ccc(C(=O)CSc2nnc(CN3CCCCC3)n2-c2ccccc2)cc1. The van der Waals surface area contributed by atoms with E-state index in [1.807, 2.05) is 61.5 Å². The first kappa shape index (κ1) is 24.2. The van der Waals surface area contributed by atoms with Crippen molar-refractivity contribution in [1.82, 2.24) is 25.0 Å². The summed E-state index contributed by atoms with van der Waals surface area (Å²) in [5.41, 5.74) is 2.61. The molecule has 0 aliphatic carbocycles. The maximum absolute atomic E-state index is 12.9. The first-order valence-electron chi connectivity index (χ1n) is 11.8. The van der Waals surface area contributed by atoms with E-state index in [0.29, 0.717) is 5.56 Å². The van der Waals surface area contributed by atoms with E-state index in [0.717, 1.165) is 41.9 Å². The minimum absolute atomic E-state index is 0.0314. The fourth-order valence-corrected chi connectivity index (χ4v) is 5.07. The molecule has 0 saturated carbocycles. The van der Waals surface area contributed by atoms with Crippen molar-refractivity contribution in [1.29, 1.82) is 0 Å². The highest BCUT2D eigenvalue weighted by Gasteiger charge is 2.20. The highest BCUT2D eigenvalue weighted by Crippen LogP contribution is 2.25. The largest absolute Gasteiger partial charge is 0.350 e. The first-order valence-corrected chi connectivity index (χ1v) is 12.7. The Balaban J connectivity index is 1.47. The molecule has 34 heavy (non-hydrogen) atoms. The molecule has 8 heteroatoms. The Morgan fingerprint density at radius 1 is 1.00 bits per heavy atom. The maximum atomic E-state index is 12.9. The van der Waals surface area contributed by atoms with Gasteiger partial charge in [0.05, 0.1) is 18.3 Å². The number of hydrogen-bond acceptors (Lipinski definition) is 6. The fourth-order valence-electron chi connectivity index (χ4n) is 4.21. The summed E-state index contributed by atoms with van der Waals surface area (Å²) in [4.78, 5) is 26.6.